The van der Waals surface area contributed by atoms with Crippen molar-refractivity contribution in [1.82, 2.24) is 24.5 Å². The van der Waals surface area contributed by atoms with E-state index in [-0.39, 0.29) is 0 Å². The zero-order valence-corrected chi connectivity index (χ0v) is 10.6. The molecule has 0 atom stereocenters. The molecule has 4 heterocycles. The summed E-state index contributed by atoms with van der Waals surface area (Å²) in [4.78, 5) is 13.7. The van der Waals surface area contributed by atoms with Gasteiger partial charge >= 0.3 is 0 Å². The molecule has 5 nitrogen and oxygen atoms in total. The molecular weight excluding hydrogens is 266 g/mol. The van der Waals surface area contributed by atoms with Crippen molar-refractivity contribution in [3.05, 3.63) is 30.0 Å². The van der Waals surface area contributed by atoms with Gasteiger partial charge in [-0.3, -0.25) is 0 Å². The van der Waals surface area contributed by atoms with Crippen LogP contribution in [0.4, 0.5) is 0 Å². The Kier molecular flexibility index (Phi) is 2.08. The Bertz CT molecular complexity index is 851. The Balaban J connectivity index is 2.03. The molecule has 0 radical (unpaired) electrons. The number of nitrogens with zero attached hydrogens (tertiary/aromatic N) is 5. The molecule has 18 heavy (non-hydrogen) atoms. The average molecular weight is 271 g/mol. The summed E-state index contributed by atoms with van der Waals surface area (Å²) in [5.41, 5.74) is 5.51. The van der Waals surface area contributed by atoms with Gasteiger partial charge in [0.15, 0.2) is 10.5 Å². The van der Waals surface area contributed by atoms with Gasteiger partial charge in [-0.25, -0.2) is 15.0 Å². The van der Waals surface area contributed by atoms with Crippen molar-refractivity contribution < 1.29 is 0 Å². The summed E-state index contributed by atoms with van der Waals surface area (Å²) in [7, 11) is 0. The molecule has 4 aromatic rings. The van der Waals surface area contributed by atoms with Gasteiger partial charge in [0.05, 0.1) is 10.2 Å². The molecule has 0 aliphatic carbocycles. The minimum Gasteiger partial charge on any atom is -0.241 e. The summed E-state index contributed by atoms with van der Waals surface area (Å²) in [6.07, 6.45) is 3.61. The van der Waals surface area contributed by atoms with Crippen LogP contribution in [0, 0.1) is 0 Å². The van der Waals surface area contributed by atoms with Crippen molar-refractivity contribution in [2.24, 2.45) is 0 Å². The van der Waals surface area contributed by atoms with Crippen molar-refractivity contribution in [2.45, 2.75) is 0 Å². The average Bonchev–Trinajstić information content (AvgIpc) is 3.05. The first-order chi connectivity index (χ1) is 8.92. The van der Waals surface area contributed by atoms with Crippen LogP contribution in [0.5, 0.6) is 0 Å². The first-order valence-corrected chi connectivity index (χ1v) is 6.84. The fourth-order valence-electron chi connectivity index (χ4n) is 1.83. The summed E-state index contributed by atoms with van der Waals surface area (Å²) < 4.78 is 4.97. The minimum absolute atomic E-state index is 0.772. The summed E-state index contributed by atoms with van der Waals surface area (Å²) in [5, 5.41) is 4.05. The number of rotatable bonds is 1. The van der Waals surface area contributed by atoms with Gasteiger partial charge < -0.3 is 0 Å². The van der Waals surface area contributed by atoms with E-state index in [2.05, 4.69) is 24.5 Å². The molecule has 0 saturated carbocycles. The maximum atomic E-state index is 4.37. The number of thiazole rings is 1. The van der Waals surface area contributed by atoms with Crippen LogP contribution < -0.4 is 0 Å². The number of hydrogen-bond donors (Lipinski definition) is 0. The van der Waals surface area contributed by atoms with E-state index in [1.807, 2.05) is 18.3 Å². The van der Waals surface area contributed by atoms with Crippen LogP contribution >= 0.6 is 22.9 Å². The molecule has 0 aliphatic heterocycles. The Hall–Kier alpha value is -1.99. The zero-order chi connectivity index (χ0) is 11.9. The lowest BCUT2D eigenvalue weighted by Gasteiger charge is -2.01. The highest BCUT2D eigenvalue weighted by Gasteiger charge is 2.09. The fraction of sp³-hybridized carbons (Fsp3) is 0. The maximum absolute atomic E-state index is 4.37. The van der Waals surface area contributed by atoms with E-state index >= 15 is 0 Å². The first-order valence-electron chi connectivity index (χ1n) is 5.18. The summed E-state index contributed by atoms with van der Waals surface area (Å²) >= 11 is 2.88. The van der Waals surface area contributed by atoms with Crippen molar-refractivity contribution in [1.29, 1.82) is 0 Å². The van der Waals surface area contributed by atoms with Crippen molar-refractivity contribution in [2.75, 3.05) is 0 Å². The third kappa shape index (κ3) is 1.41. The Morgan fingerprint density at radius 1 is 1.11 bits per heavy atom. The first kappa shape index (κ1) is 9.98. The van der Waals surface area contributed by atoms with Crippen molar-refractivity contribution in [3.8, 4) is 11.1 Å². The third-order valence-corrected chi connectivity index (χ3v) is 4.15. The Labute approximate surface area is 109 Å². The lowest BCUT2D eigenvalue weighted by atomic mass is 10.1. The van der Waals surface area contributed by atoms with Crippen LogP contribution in [0.2, 0.25) is 0 Å². The summed E-state index contributed by atoms with van der Waals surface area (Å²) in [6, 6.07) is 3.98. The van der Waals surface area contributed by atoms with Gasteiger partial charge in [-0.05, 0) is 12.1 Å². The Morgan fingerprint density at radius 3 is 3.11 bits per heavy atom. The number of aromatic nitrogens is 5. The quantitative estimate of drug-likeness (QED) is 0.532. The van der Waals surface area contributed by atoms with Gasteiger partial charge in [-0.15, -0.1) is 16.4 Å². The second-order valence-corrected chi connectivity index (χ2v) is 5.27. The van der Waals surface area contributed by atoms with Crippen molar-refractivity contribution in [3.63, 3.8) is 0 Å². The van der Waals surface area contributed by atoms with E-state index in [0.29, 0.717) is 0 Å². The van der Waals surface area contributed by atoms with Crippen LogP contribution in [0.25, 0.3) is 31.8 Å². The molecule has 0 bridgehead atoms. The van der Waals surface area contributed by atoms with E-state index in [1.54, 1.807) is 23.0 Å². The number of fused-ring (bicyclic) bond motifs is 2. The van der Waals surface area contributed by atoms with Crippen LogP contribution in [-0.4, -0.2) is 24.5 Å². The SMILES string of the molecule is c1cc(-c2cnc3snnc3c2)c2scnc2n1. The van der Waals surface area contributed by atoms with Crippen LogP contribution in [0.3, 0.4) is 0 Å². The van der Waals surface area contributed by atoms with Gasteiger partial charge in [-0.1, -0.05) is 4.49 Å². The van der Waals surface area contributed by atoms with Gasteiger partial charge in [0.2, 0.25) is 0 Å². The molecule has 0 saturated heterocycles. The van der Waals surface area contributed by atoms with Crippen molar-refractivity contribution >= 4 is 43.6 Å². The molecule has 0 amide bonds. The van der Waals surface area contributed by atoms with Gasteiger partial charge in [-0.2, -0.15) is 0 Å². The lowest BCUT2D eigenvalue weighted by molar-refractivity contribution is 1.20. The largest absolute Gasteiger partial charge is 0.241 e. The van der Waals surface area contributed by atoms with Gasteiger partial charge in [0.1, 0.15) is 5.52 Å². The lowest BCUT2D eigenvalue weighted by Crippen LogP contribution is -1.83. The second-order valence-electron chi connectivity index (χ2n) is 3.68. The topological polar surface area (TPSA) is 64.5 Å². The molecule has 0 unspecified atom stereocenters. The van der Waals surface area contributed by atoms with E-state index in [1.165, 1.54) is 11.5 Å². The normalized spacial score (nSPS) is 11.3. The minimum atomic E-state index is 0.772. The van der Waals surface area contributed by atoms with Crippen LogP contribution in [-0.2, 0) is 0 Å². The molecule has 4 aromatic heterocycles. The number of pyridine rings is 2. The van der Waals surface area contributed by atoms with Gasteiger partial charge in [0.25, 0.3) is 0 Å². The van der Waals surface area contributed by atoms with E-state index in [4.69, 9.17) is 0 Å². The molecule has 0 N–H and O–H groups in total. The highest BCUT2D eigenvalue weighted by molar-refractivity contribution is 7.17. The summed E-state index contributed by atoms with van der Waals surface area (Å²) in [5.74, 6) is 0. The predicted molar refractivity (Wildman–Crippen MR) is 71.6 cm³/mol. The molecule has 0 fully saturated rings. The smallest absolute Gasteiger partial charge is 0.170 e. The van der Waals surface area contributed by atoms with E-state index in [9.17, 15) is 0 Å². The highest BCUT2D eigenvalue weighted by atomic mass is 32.1. The van der Waals surface area contributed by atoms with Crippen LogP contribution in [0.1, 0.15) is 0 Å². The predicted octanol–water partition coefficient (Wildman–Crippen LogP) is 2.76. The van der Waals surface area contributed by atoms with Gasteiger partial charge in [0, 0.05) is 35.1 Å². The molecule has 86 valence electrons. The monoisotopic (exact) mass is 271 g/mol. The fourth-order valence-corrected chi connectivity index (χ4v) is 3.12. The second kappa shape index (κ2) is 3.76. The van der Waals surface area contributed by atoms with Crippen LogP contribution in [0.15, 0.2) is 30.0 Å². The standard InChI is InChI=1S/C11H5N5S2/c1-2-12-10-9(17-5-14-10)7(1)6-3-8-11(13-4-6)18-16-15-8/h1-5H. The van der Waals surface area contributed by atoms with E-state index < -0.39 is 0 Å². The molecule has 4 rings (SSSR count). The highest BCUT2D eigenvalue weighted by Crippen LogP contribution is 2.30. The van der Waals surface area contributed by atoms with E-state index in [0.717, 1.165) is 31.8 Å². The zero-order valence-electron chi connectivity index (χ0n) is 8.94. The molecule has 7 heteroatoms. The molecular formula is C11H5N5S2. The number of hydrogen-bond acceptors (Lipinski definition) is 7. The third-order valence-electron chi connectivity index (χ3n) is 2.65. The Morgan fingerprint density at radius 2 is 2.11 bits per heavy atom. The molecule has 0 aliphatic rings. The summed E-state index contributed by atoms with van der Waals surface area (Å²) in [6.45, 7) is 0. The molecule has 0 aromatic carbocycles. The maximum Gasteiger partial charge on any atom is 0.170 e. The molecule has 0 spiro atoms.